The lowest BCUT2D eigenvalue weighted by Gasteiger charge is -2.46. The van der Waals surface area contributed by atoms with Gasteiger partial charge in [0.1, 0.15) is 17.2 Å². The fourth-order valence-electron chi connectivity index (χ4n) is 4.90. The van der Waals surface area contributed by atoms with Crippen molar-refractivity contribution in [3.8, 4) is 5.75 Å². The van der Waals surface area contributed by atoms with E-state index < -0.39 is 48.0 Å². The number of rotatable bonds is 4. The molecule has 1 aromatic rings. The summed E-state index contributed by atoms with van der Waals surface area (Å²) in [6.45, 7) is 5.90. The molecule has 0 bridgehead atoms. The zero-order valence-electron chi connectivity index (χ0n) is 21.3. The summed E-state index contributed by atoms with van der Waals surface area (Å²) in [7, 11) is 0. The van der Waals surface area contributed by atoms with Gasteiger partial charge >= 0.3 is 6.09 Å². The number of alkyl halides is 2. The van der Waals surface area contributed by atoms with Crippen LogP contribution in [0, 0.1) is 5.82 Å². The highest BCUT2D eigenvalue weighted by molar-refractivity contribution is 5.99. The van der Waals surface area contributed by atoms with E-state index in [9.17, 15) is 18.8 Å². The summed E-state index contributed by atoms with van der Waals surface area (Å²) in [5.41, 5.74) is -0.439. The topological polar surface area (TPSA) is 91.4 Å². The largest absolute Gasteiger partial charge is 0.480 e. The maximum atomic E-state index is 15.0. The summed E-state index contributed by atoms with van der Waals surface area (Å²) in [6, 6.07) is 3.27. The molecule has 9 nitrogen and oxygen atoms in total. The lowest BCUT2D eigenvalue weighted by atomic mass is 9.98. The van der Waals surface area contributed by atoms with Crippen molar-refractivity contribution in [2.24, 2.45) is 0 Å². The third-order valence-corrected chi connectivity index (χ3v) is 6.70. The van der Waals surface area contributed by atoms with E-state index in [-0.39, 0.29) is 37.5 Å². The number of imide groups is 1. The van der Waals surface area contributed by atoms with Gasteiger partial charge in [-0.15, -0.1) is 0 Å². The summed E-state index contributed by atoms with van der Waals surface area (Å²) in [4.78, 5) is 40.0. The monoisotopic (exact) mass is 526 g/mol. The van der Waals surface area contributed by atoms with Crippen LogP contribution in [0.2, 0.25) is 0 Å². The second-order valence-corrected chi connectivity index (χ2v) is 10.7. The number of piperidine rings is 2. The van der Waals surface area contributed by atoms with Gasteiger partial charge in [0, 0.05) is 51.6 Å². The van der Waals surface area contributed by atoms with Crippen molar-refractivity contribution >= 4 is 23.6 Å². The number of piperazine rings is 1. The zero-order chi connectivity index (χ0) is 27.0. The number of amides is 3. The van der Waals surface area contributed by atoms with Crippen molar-refractivity contribution in [1.29, 1.82) is 0 Å². The molecule has 1 N–H and O–H groups in total. The van der Waals surface area contributed by atoms with Gasteiger partial charge in [-0.05, 0) is 39.3 Å². The Balaban J connectivity index is 1.32. The second kappa shape index (κ2) is 10.4. The van der Waals surface area contributed by atoms with Crippen LogP contribution < -0.4 is 15.0 Å². The lowest BCUT2D eigenvalue weighted by Crippen LogP contribution is -2.62. The Labute approximate surface area is 213 Å². The SMILES string of the molecule is CC(C)(C)OC(=O)N1CCC(N2CCN(c3ccc(OC4CCC(=O)NC4=O)cc3F)CC2)C(F)(F)C1. The van der Waals surface area contributed by atoms with Crippen molar-refractivity contribution in [3.63, 3.8) is 0 Å². The Morgan fingerprint density at radius 1 is 1.08 bits per heavy atom. The van der Waals surface area contributed by atoms with Gasteiger partial charge in [0.25, 0.3) is 11.8 Å². The number of benzene rings is 1. The van der Waals surface area contributed by atoms with Crippen LogP contribution in [-0.4, -0.2) is 90.6 Å². The van der Waals surface area contributed by atoms with E-state index in [1.165, 1.54) is 6.07 Å². The molecule has 0 saturated carbocycles. The Kier molecular flexibility index (Phi) is 7.59. The van der Waals surface area contributed by atoms with Crippen LogP contribution in [0.25, 0.3) is 0 Å². The maximum Gasteiger partial charge on any atom is 0.410 e. The van der Waals surface area contributed by atoms with Gasteiger partial charge in [-0.3, -0.25) is 19.8 Å². The summed E-state index contributed by atoms with van der Waals surface area (Å²) in [5.74, 6) is -4.39. The van der Waals surface area contributed by atoms with Crippen LogP contribution in [0.4, 0.5) is 23.7 Å². The molecule has 3 saturated heterocycles. The molecular formula is C25H33F3N4O5. The van der Waals surface area contributed by atoms with Gasteiger partial charge in [0.2, 0.25) is 5.91 Å². The fraction of sp³-hybridized carbons (Fsp3) is 0.640. The van der Waals surface area contributed by atoms with Crippen molar-refractivity contribution in [3.05, 3.63) is 24.0 Å². The van der Waals surface area contributed by atoms with Gasteiger partial charge in [-0.25, -0.2) is 18.0 Å². The average Bonchev–Trinajstić information content (AvgIpc) is 2.79. The van der Waals surface area contributed by atoms with Crippen LogP contribution in [0.15, 0.2) is 18.2 Å². The molecule has 3 amide bonds. The normalized spacial score (nSPS) is 25.0. The second-order valence-electron chi connectivity index (χ2n) is 10.7. The Hall–Kier alpha value is -3.02. The van der Waals surface area contributed by atoms with Crippen LogP contribution in [0.5, 0.6) is 5.75 Å². The van der Waals surface area contributed by atoms with Crippen molar-refractivity contribution in [2.75, 3.05) is 44.2 Å². The predicted molar refractivity (Wildman–Crippen MR) is 128 cm³/mol. The minimum absolute atomic E-state index is 0.118. The Bertz CT molecular complexity index is 1040. The first-order valence-electron chi connectivity index (χ1n) is 12.5. The number of nitrogens with one attached hydrogen (secondary N) is 1. The van der Waals surface area contributed by atoms with Gasteiger partial charge < -0.3 is 19.3 Å². The number of hydrogen-bond donors (Lipinski definition) is 1. The molecule has 0 spiro atoms. The van der Waals surface area contributed by atoms with Crippen LogP contribution >= 0.6 is 0 Å². The first-order valence-corrected chi connectivity index (χ1v) is 12.5. The first-order chi connectivity index (χ1) is 17.3. The summed E-state index contributed by atoms with van der Waals surface area (Å²) in [6.07, 6.45) is -1.11. The van der Waals surface area contributed by atoms with E-state index in [1.54, 1.807) is 42.7 Å². The highest BCUT2D eigenvalue weighted by Crippen LogP contribution is 2.34. The third kappa shape index (κ3) is 6.46. The maximum absolute atomic E-state index is 15.0. The number of anilines is 1. The minimum atomic E-state index is -3.10. The number of ether oxygens (including phenoxy) is 2. The molecule has 1 aromatic carbocycles. The molecule has 0 radical (unpaired) electrons. The molecule has 0 aliphatic carbocycles. The highest BCUT2D eigenvalue weighted by atomic mass is 19.3. The number of carbonyl (C=O) groups excluding carboxylic acids is 3. The van der Waals surface area contributed by atoms with Crippen LogP contribution in [0.1, 0.15) is 40.0 Å². The fourth-order valence-corrected chi connectivity index (χ4v) is 4.90. The standard InChI is InChI=1S/C25H33F3N4O5/c1-24(2,3)37-23(35)32-9-8-20(25(27,28)15-32)31-12-10-30(11-13-31)18-5-4-16(14-17(18)26)36-19-6-7-21(33)29-22(19)34/h4-5,14,19-20H,6-13,15H2,1-3H3,(H,29,33,34). The van der Waals surface area contributed by atoms with Gasteiger partial charge in [-0.2, -0.15) is 0 Å². The van der Waals surface area contributed by atoms with E-state index in [2.05, 4.69) is 5.32 Å². The van der Waals surface area contributed by atoms with Gasteiger partial charge in [0.15, 0.2) is 6.10 Å². The van der Waals surface area contributed by atoms with E-state index in [0.717, 1.165) is 4.90 Å². The summed E-state index contributed by atoms with van der Waals surface area (Å²) < 4.78 is 55.8. The molecule has 12 heteroatoms. The van der Waals surface area contributed by atoms with Crippen molar-refractivity contribution in [1.82, 2.24) is 15.1 Å². The minimum Gasteiger partial charge on any atom is -0.480 e. The molecule has 204 valence electrons. The smallest absolute Gasteiger partial charge is 0.410 e. The highest BCUT2D eigenvalue weighted by Gasteiger charge is 2.49. The molecule has 4 rings (SSSR count). The van der Waals surface area contributed by atoms with E-state index in [0.29, 0.717) is 31.9 Å². The first kappa shape index (κ1) is 27.0. The lowest BCUT2D eigenvalue weighted by molar-refractivity contribution is -0.138. The van der Waals surface area contributed by atoms with E-state index in [4.69, 9.17) is 9.47 Å². The molecule has 3 heterocycles. The Morgan fingerprint density at radius 3 is 2.38 bits per heavy atom. The third-order valence-electron chi connectivity index (χ3n) is 6.70. The quantitative estimate of drug-likeness (QED) is 0.604. The van der Waals surface area contributed by atoms with Crippen LogP contribution in [0.3, 0.4) is 0 Å². The number of halogens is 3. The number of hydrogen-bond acceptors (Lipinski definition) is 7. The molecule has 3 aliphatic rings. The van der Waals surface area contributed by atoms with Crippen LogP contribution in [-0.2, 0) is 14.3 Å². The van der Waals surface area contributed by atoms with Crippen molar-refractivity contribution < 1.29 is 37.0 Å². The van der Waals surface area contributed by atoms with Crippen molar-refractivity contribution in [2.45, 2.75) is 63.7 Å². The molecular weight excluding hydrogens is 493 g/mol. The molecule has 3 fully saturated rings. The predicted octanol–water partition coefficient (Wildman–Crippen LogP) is 2.78. The molecule has 3 aliphatic heterocycles. The van der Waals surface area contributed by atoms with E-state index in [1.807, 2.05) is 0 Å². The summed E-state index contributed by atoms with van der Waals surface area (Å²) >= 11 is 0. The summed E-state index contributed by atoms with van der Waals surface area (Å²) in [5, 5.41) is 2.19. The number of nitrogens with zero attached hydrogens (tertiary/aromatic N) is 3. The average molecular weight is 527 g/mol. The number of likely N-dealkylation sites (tertiary alicyclic amines) is 1. The zero-order valence-corrected chi connectivity index (χ0v) is 21.3. The molecule has 37 heavy (non-hydrogen) atoms. The Morgan fingerprint density at radius 2 is 1.78 bits per heavy atom. The molecule has 2 unspecified atom stereocenters. The molecule has 2 atom stereocenters. The number of carbonyl (C=O) groups is 3. The van der Waals surface area contributed by atoms with Gasteiger partial charge in [0.05, 0.1) is 18.3 Å². The van der Waals surface area contributed by atoms with E-state index >= 15 is 8.78 Å². The van der Waals surface area contributed by atoms with Gasteiger partial charge in [-0.1, -0.05) is 0 Å². The molecule has 0 aromatic heterocycles.